The molecule has 3 aromatic rings. The van der Waals surface area contributed by atoms with Gasteiger partial charge in [-0.2, -0.15) is 0 Å². The van der Waals surface area contributed by atoms with Gasteiger partial charge in [-0.05, 0) is 59.4 Å². The van der Waals surface area contributed by atoms with E-state index < -0.39 is 0 Å². The van der Waals surface area contributed by atoms with Crippen LogP contribution in [0.25, 0.3) is 22.3 Å². The molecule has 0 aliphatic rings. The van der Waals surface area contributed by atoms with Crippen LogP contribution in [0.2, 0.25) is 0 Å². The number of aliphatic hydroxyl groups excluding tert-OH is 1. The second-order valence-corrected chi connectivity index (χ2v) is 7.41. The third-order valence-corrected chi connectivity index (χ3v) is 4.87. The van der Waals surface area contributed by atoms with Crippen LogP contribution in [-0.4, -0.2) is 25.6 Å². The molecule has 0 aromatic heterocycles. The Morgan fingerprint density at radius 2 is 1.53 bits per heavy atom. The van der Waals surface area contributed by atoms with Crippen LogP contribution in [0.15, 0.2) is 73.3 Å². The lowest BCUT2D eigenvalue weighted by Crippen LogP contribution is -1.98. The molecule has 0 aliphatic heterocycles. The number of aliphatic hydroxyl groups is 1. The van der Waals surface area contributed by atoms with Crippen molar-refractivity contribution in [1.29, 1.82) is 0 Å². The van der Waals surface area contributed by atoms with E-state index in [0.29, 0.717) is 24.5 Å². The number of halogens is 1. The van der Waals surface area contributed by atoms with Crippen molar-refractivity contribution in [2.75, 3.05) is 13.7 Å². The standard InChI is InChI=1S/C25H27FO3.C3H6.C2H6.CH2O/c1-3-4-13-29-22-10-12-24(25(26)15-22)20-9-11-23(21(14-20)17-28-2)19-7-5-18(16-27)6-8-19;1-3-2;2*1-2/h5-12,14-15,27H,3-4,13,16-17H2,1-2H3;3H,1H2,2H3;1-2H3;1H2. The molecule has 0 fully saturated rings. The topological polar surface area (TPSA) is 55.8 Å². The van der Waals surface area contributed by atoms with E-state index in [4.69, 9.17) is 14.3 Å². The molecule has 0 heterocycles. The first-order valence-corrected chi connectivity index (χ1v) is 12.2. The van der Waals surface area contributed by atoms with Crippen molar-refractivity contribution in [3.05, 3.63) is 90.3 Å². The fourth-order valence-corrected chi connectivity index (χ4v) is 3.26. The number of ether oxygens (including phenoxy) is 2. The second-order valence-electron chi connectivity index (χ2n) is 7.41. The Labute approximate surface area is 216 Å². The average Bonchev–Trinajstić information content (AvgIpc) is 2.92. The smallest absolute Gasteiger partial charge is 0.134 e. The highest BCUT2D eigenvalue weighted by Crippen LogP contribution is 2.32. The van der Waals surface area contributed by atoms with E-state index in [0.717, 1.165) is 40.7 Å². The zero-order chi connectivity index (χ0) is 27.3. The monoisotopic (exact) mass is 496 g/mol. The highest BCUT2D eigenvalue weighted by molar-refractivity contribution is 5.74. The van der Waals surface area contributed by atoms with Crippen LogP contribution in [0.5, 0.6) is 5.75 Å². The van der Waals surface area contributed by atoms with Gasteiger partial charge in [0.1, 0.15) is 18.4 Å². The van der Waals surface area contributed by atoms with Crippen molar-refractivity contribution in [2.24, 2.45) is 0 Å². The van der Waals surface area contributed by atoms with Crippen LogP contribution in [0, 0.1) is 5.82 Å². The number of allylic oxidation sites excluding steroid dienone is 1. The van der Waals surface area contributed by atoms with Crippen LogP contribution in [0.1, 0.15) is 51.7 Å². The fourth-order valence-electron chi connectivity index (χ4n) is 3.26. The van der Waals surface area contributed by atoms with Crippen LogP contribution in [-0.2, 0) is 22.7 Å². The number of hydrogen-bond donors (Lipinski definition) is 1. The Morgan fingerprint density at radius 3 is 2.06 bits per heavy atom. The molecule has 0 unspecified atom stereocenters. The molecule has 0 aliphatic carbocycles. The van der Waals surface area contributed by atoms with Crippen molar-refractivity contribution < 1.29 is 23.8 Å². The summed E-state index contributed by atoms with van der Waals surface area (Å²) in [7, 11) is 1.65. The number of unbranched alkanes of at least 4 members (excludes halogenated alkanes) is 1. The van der Waals surface area contributed by atoms with E-state index in [1.165, 1.54) is 6.07 Å². The van der Waals surface area contributed by atoms with Crippen LogP contribution in [0.4, 0.5) is 4.39 Å². The zero-order valence-corrected chi connectivity index (χ0v) is 22.4. The van der Waals surface area contributed by atoms with Gasteiger partial charge in [0.25, 0.3) is 0 Å². The summed E-state index contributed by atoms with van der Waals surface area (Å²) in [5.41, 5.74) is 5.23. The van der Waals surface area contributed by atoms with Crippen molar-refractivity contribution >= 4 is 6.79 Å². The van der Waals surface area contributed by atoms with E-state index in [9.17, 15) is 9.50 Å². The maximum Gasteiger partial charge on any atom is 0.134 e. The summed E-state index contributed by atoms with van der Waals surface area (Å²) in [5, 5.41) is 9.24. The van der Waals surface area contributed by atoms with Crippen molar-refractivity contribution in [2.45, 2.75) is 53.8 Å². The normalized spacial score (nSPS) is 9.42. The van der Waals surface area contributed by atoms with Gasteiger partial charge in [-0.3, -0.25) is 0 Å². The summed E-state index contributed by atoms with van der Waals surface area (Å²) in [6, 6.07) is 18.6. The largest absolute Gasteiger partial charge is 0.493 e. The first kappa shape index (κ1) is 32.7. The zero-order valence-electron chi connectivity index (χ0n) is 22.4. The molecule has 0 saturated carbocycles. The van der Waals surface area contributed by atoms with E-state index in [1.54, 1.807) is 19.3 Å². The molecular formula is C31H41FO4. The summed E-state index contributed by atoms with van der Waals surface area (Å²) in [5.74, 6) is 0.250. The van der Waals surface area contributed by atoms with Gasteiger partial charge >= 0.3 is 0 Å². The molecule has 5 heteroatoms. The molecule has 4 nitrogen and oxygen atoms in total. The molecular weight excluding hydrogens is 455 g/mol. The van der Waals surface area contributed by atoms with Gasteiger partial charge in [0.05, 0.1) is 19.8 Å². The number of carbonyl (C=O) groups is 1. The van der Waals surface area contributed by atoms with Gasteiger partial charge in [-0.25, -0.2) is 4.39 Å². The summed E-state index contributed by atoms with van der Waals surface area (Å²) in [4.78, 5) is 8.00. The first-order valence-electron chi connectivity index (χ1n) is 12.2. The van der Waals surface area contributed by atoms with E-state index in [-0.39, 0.29) is 12.4 Å². The van der Waals surface area contributed by atoms with Crippen molar-refractivity contribution in [1.82, 2.24) is 0 Å². The summed E-state index contributed by atoms with van der Waals surface area (Å²) >= 11 is 0. The Morgan fingerprint density at radius 1 is 0.944 bits per heavy atom. The number of methoxy groups -OCH3 is 1. The quantitative estimate of drug-likeness (QED) is 0.241. The highest BCUT2D eigenvalue weighted by Gasteiger charge is 2.12. The minimum atomic E-state index is -0.303. The Balaban J connectivity index is 0.00000159. The van der Waals surface area contributed by atoms with Crippen molar-refractivity contribution in [3.63, 3.8) is 0 Å². The fraction of sp³-hybridized carbons (Fsp3) is 0.323. The molecule has 1 N–H and O–H groups in total. The Hall–Kier alpha value is -3.28. The Kier molecular flexibility index (Phi) is 18.1. The molecule has 196 valence electrons. The molecule has 0 atom stereocenters. The summed E-state index contributed by atoms with van der Waals surface area (Å²) < 4.78 is 25.7. The Bertz CT molecular complexity index is 1000. The minimum Gasteiger partial charge on any atom is -0.493 e. The molecule has 3 rings (SSSR count). The van der Waals surface area contributed by atoms with Gasteiger partial charge in [-0.15, -0.1) is 6.58 Å². The lowest BCUT2D eigenvalue weighted by Gasteiger charge is -2.13. The van der Waals surface area contributed by atoms with Gasteiger partial charge in [-0.1, -0.05) is 69.7 Å². The first-order chi connectivity index (χ1) is 17.6. The maximum atomic E-state index is 14.7. The van der Waals surface area contributed by atoms with Crippen LogP contribution in [0.3, 0.4) is 0 Å². The van der Waals surface area contributed by atoms with E-state index in [1.807, 2.05) is 76.1 Å². The molecule has 0 amide bonds. The summed E-state index contributed by atoms with van der Waals surface area (Å²) in [6.07, 6.45) is 3.74. The number of hydrogen-bond acceptors (Lipinski definition) is 4. The SMILES string of the molecule is C=CC.C=O.CC.CCCCOc1ccc(-c2ccc(-c3ccc(CO)cc3)c(COC)c2)c(F)c1. The van der Waals surface area contributed by atoms with Crippen molar-refractivity contribution in [3.8, 4) is 28.0 Å². The average molecular weight is 497 g/mol. The van der Waals surface area contributed by atoms with Gasteiger partial charge < -0.3 is 19.4 Å². The molecule has 3 aromatic carbocycles. The minimum absolute atomic E-state index is 0.0155. The van der Waals surface area contributed by atoms with E-state index >= 15 is 0 Å². The lowest BCUT2D eigenvalue weighted by atomic mass is 9.94. The number of rotatable bonds is 9. The summed E-state index contributed by atoms with van der Waals surface area (Å²) in [6.45, 7) is 14.4. The van der Waals surface area contributed by atoms with Crippen LogP contribution >= 0.6 is 0 Å². The number of carbonyl (C=O) groups excluding carboxylic acids is 1. The van der Waals surface area contributed by atoms with Gasteiger partial charge in [0.15, 0.2) is 0 Å². The molecule has 0 radical (unpaired) electrons. The van der Waals surface area contributed by atoms with Gasteiger partial charge in [0.2, 0.25) is 0 Å². The third kappa shape index (κ3) is 10.5. The molecule has 0 spiro atoms. The molecule has 36 heavy (non-hydrogen) atoms. The predicted molar refractivity (Wildman–Crippen MR) is 149 cm³/mol. The lowest BCUT2D eigenvalue weighted by molar-refractivity contribution is -0.0980. The second kappa shape index (κ2) is 20.0. The maximum absolute atomic E-state index is 14.7. The number of benzene rings is 3. The highest BCUT2D eigenvalue weighted by atomic mass is 19.1. The molecule has 0 saturated heterocycles. The van der Waals surface area contributed by atoms with Crippen LogP contribution < -0.4 is 4.74 Å². The van der Waals surface area contributed by atoms with E-state index in [2.05, 4.69) is 13.5 Å². The van der Waals surface area contributed by atoms with Gasteiger partial charge in [0, 0.05) is 18.7 Å². The molecule has 0 bridgehead atoms. The predicted octanol–water partition coefficient (Wildman–Crippen LogP) is 8.01. The third-order valence-electron chi connectivity index (χ3n) is 4.87.